The first-order chi connectivity index (χ1) is 10.2. The molecule has 1 atom stereocenters. The maximum Gasteiger partial charge on any atom is 0.260 e. The molecule has 1 N–H and O–H groups in total. The summed E-state index contributed by atoms with van der Waals surface area (Å²) in [7, 11) is 0. The fourth-order valence-electron chi connectivity index (χ4n) is 2.55. The van der Waals surface area contributed by atoms with Crippen molar-refractivity contribution in [3.05, 3.63) is 71.8 Å². The number of halogens is 2. The van der Waals surface area contributed by atoms with Crippen molar-refractivity contribution < 1.29 is 8.78 Å². The van der Waals surface area contributed by atoms with E-state index in [1.165, 1.54) is 0 Å². The summed E-state index contributed by atoms with van der Waals surface area (Å²) in [6, 6.07) is 18.5. The van der Waals surface area contributed by atoms with Gasteiger partial charge in [-0.1, -0.05) is 67.6 Å². The van der Waals surface area contributed by atoms with Gasteiger partial charge in [-0.05, 0) is 24.1 Å². The van der Waals surface area contributed by atoms with Crippen molar-refractivity contribution in [1.29, 1.82) is 0 Å². The molecule has 0 fully saturated rings. The molecule has 21 heavy (non-hydrogen) atoms. The first kappa shape index (κ1) is 15.6. The topological polar surface area (TPSA) is 12.0 Å². The summed E-state index contributed by atoms with van der Waals surface area (Å²) in [4.78, 5) is 0. The van der Waals surface area contributed by atoms with Gasteiger partial charge in [0.2, 0.25) is 0 Å². The highest BCUT2D eigenvalue weighted by molar-refractivity contribution is 5.30. The van der Waals surface area contributed by atoms with E-state index in [2.05, 4.69) is 5.32 Å². The number of benzene rings is 2. The SMILES string of the molecule is CCCNC(Cc1ccccc1)(c1ccccc1)C(F)F. The Labute approximate surface area is 125 Å². The highest BCUT2D eigenvalue weighted by Crippen LogP contribution is 2.32. The van der Waals surface area contributed by atoms with Gasteiger partial charge in [-0.3, -0.25) is 0 Å². The Hall–Kier alpha value is -1.74. The maximum atomic E-state index is 14.0. The van der Waals surface area contributed by atoms with E-state index in [1.807, 2.05) is 55.5 Å². The lowest BCUT2D eigenvalue weighted by Crippen LogP contribution is -2.50. The Morgan fingerprint density at radius 1 is 0.952 bits per heavy atom. The van der Waals surface area contributed by atoms with Crippen molar-refractivity contribution in [3.63, 3.8) is 0 Å². The van der Waals surface area contributed by atoms with Crippen molar-refractivity contribution in [1.82, 2.24) is 5.32 Å². The van der Waals surface area contributed by atoms with Crippen LogP contribution in [0.1, 0.15) is 24.5 Å². The van der Waals surface area contributed by atoms with E-state index in [-0.39, 0.29) is 6.42 Å². The molecule has 0 aromatic heterocycles. The Kier molecular flexibility index (Phi) is 5.45. The minimum Gasteiger partial charge on any atom is -0.302 e. The van der Waals surface area contributed by atoms with Crippen LogP contribution in [0.2, 0.25) is 0 Å². The van der Waals surface area contributed by atoms with Crippen LogP contribution in [0.4, 0.5) is 8.78 Å². The van der Waals surface area contributed by atoms with Gasteiger partial charge >= 0.3 is 0 Å². The van der Waals surface area contributed by atoms with E-state index in [0.29, 0.717) is 12.1 Å². The van der Waals surface area contributed by atoms with Crippen molar-refractivity contribution in [2.45, 2.75) is 31.7 Å². The second-order valence-corrected chi connectivity index (χ2v) is 5.23. The van der Waals surface area contributed by atoms with E-state index in [4.69, 9.17) is 0 Å². The zero-order chi connectivity index (χ0) is 15.1. The molecule has 2 rings (SSSR count). The van der Waals surface area contributed by atoms with Crippen LogP contribution in [-0.2, 0) is 12.0 Å². The van der Waals surface area contributed by atoms with E-state index in [1.54, 1.807) is 12.1 Å². The molecule has 0 aliphatic heterocycles. The van der Waals surface area contributed by atoms with Gasteiger partial charge in [0, 0.05) is 6.42 Å². The summed E-state index contributed by atoms with van der Waals surface area (Å²) < 4.78 is 28.0. The van der Waals surface area contributed by atoms with Crippen LogP contribution in [0.3, 0.4) is 0 Å². The number of hydrogen-bond donors (Lipinski definition) is 1. The van der Waals surface area contributed by atoms with Crippen LogP contribution in [0.5, 0.6) is 0 Å². The first-order valence-corrected chi connectivity index (χ1v) is 7.31. The largest absolute Gasteiger partial charge is 0.302 e. The van der Waals surface area contributed by atoms with Crippen LogP contribution in [-0.4, -0.2) is 13.0 Å². The predicted molar refractivity (Wildman–Crippen MR) is 82.6 cm³/mol. The maximum absolute atomic E-state index is 14.0. The molecule has 1 unspecified atom stereocenters. The normalized spacial score (nSPS) is 14.1. The molecule has 1 nitrogen and oxygen atoms in total. The summed E-state index contributed by atoms with van der Waals surface area (Å²) in [6.07, 6.45) is -1.39. The molecule has 0 amide bonds. The number of nitrogens with one attached hydrogen (secondary N) is 1. The summed E-state index contributed by atoms with van der Waals surface area (Å²) in [6.45, 7) is 2.54. The molecule has 2 aromatic rings. The van der Waals surface area contributed by atoms with Gasteiger partial charge in [-0.2, -0.15) is 0 Å². The van der Waals surface area contributed by atoms with Crippen LogP contribution in [0.15, 0.2) is 60.7 Å². The smallest absolute Gasteiger partial charge is 0.260 e. The van der Waals surface area contributed by atoms with Crippen molar-refractivity contribution in [2.24, 2.45) is 0 Å². The second kappa shape index (κ2) is 7.32. The molecule has 0 bridgehead atoms. The van der Waals surface area contributed by atoms with E-state index >= 15 is 0 Å². The zero-order valence-electron chi connectivity index (χ0n) is 12.2. The van der Waals surface area contributed by atoms with E-state index in [9.17, 15) is 8.78 Å². The summed E-state index contributed by atoms with van der Waals surface area (Å²) >= 11 is 0. The minimum absolute atomic E-state index is 0.273. The predicted octanol–water partition coefficient (Wildman–Crippen LogP) is 4.39. The van der Waals surface area contributed by atoms with Crippen LogP contribution in [0.25, 0.3) is 0 Å². The molecule has 3 heteroatoms. The Bertz CT molecular complexity index is 527. The second-order valence-electron chi connectivity index (χ2n) is 5.23. The molecule has 2 aromatic carbocycles. The van der Waals surface area contributed by atoms with E-state index < -0.39 is 12.0 Å². The van der Waals surface area contributed by atoms with Crippen LogP contribution in [0, 0.1) is 0 Å². The summed E-state index contributed by atoms with van der Waals surface area (Å²) in [5.74, 6) is 0. The third-order valence-corrected chi connectivity index (χ3v) is 3.68. The van der Waals surface area contributed by atoms with Gasteiger partial charge in [-0.15, -0.1) is 0 Å². The van der Waals surface area contributed by atoms with Crippen LogP contribution < -0.4 is 5.32 Å². The first-order valence-electron chi connectivity index (χ1n) is 7.31. The van der Waals surface area contributed by atoms with E-state index in [0.717, 1.165) is 12.0 Å². The lowest BCUT2D eigenvalue weighted by atomic mass is 9.83. The third kappa shape index (κ3) is 3.67. The molecule has 0 aliphatic carbocycles. The van der Waals surface area contributed by atoms with Crippen molar-refractivity contribution in [3.8, 4) is 0 Å². The molecule has 0 saturated heterocycles. The zero-order valence-corrected chi connectivity index (χ0v) is 12.2. The molecular formula is C18H21F2N. The molecule has 0 radical (unpaired) electrons. The number of hydrogen-bond acceptors (Lipinski definition) is 1. The summed E-state index contributed by atoms with van der Waals surface area (Å²) in [5, 5.41) is 3.10. The highest BCUT2D eigenvalue weighted by atomic mass is 19.3. The molecule has 112 valence electrons. The summed E-state index contributed by atoms with van der Waals surface area (Å²) in [5.41, 5.74) is 0.209. The Morgan fingerprint density at radius 2 is 1.52 bits per heavy atom. The third-order valence-electron chi connectivity index (χ3n) is 3.68. The van der Waals surface area contributed by atoms with Crippen molar-refractivity contribution >= 4 is 0 Å². The van der Waals surface area contributed by atoms with Crippen molar-refractivity contribution in [2.75, 3.05) is 6.54 Å². The highest BCUT2D eigenvalue weighted by Gasteiger charge is 2.41. The molecule has 0 aliphatic rings. The van der Waals surface area contributed by atoms with Crippen LogP contribution >= 0.6 is 0 Å². The monoisotopic (exact) mass is 289 g/mol. The lowest BCUT2D eigenvalue weighted by Gasteiger charge is -2.35. The lowest BCUT2D eigenvalue weighted by molar-refractivity contribution is 0.0269. The number of alkyl halides is 2. The van der Waals surface area contributed by atoms with Gasteiger partial charge in [0.15, 0.2) is 0 Å². The fraction of sp³-hybridized carbons (Fsp3) is 0.333. The standard InChI is InChI=1S/C18H21F2N/c1-2-13-21-18(17(19)20,16-11-7-4-8-12-16)14-15-9-5-3-6-10-15/h3-12,17,21H,2,13-14H2,1H3. The molecule has 0 saturated carbocycles. The minimum atomic E-state index is -2.48. The fourth-order valence-corrected chi connectivity index (χ4v) is 2.55. The number of rotatable bonds is 7. The Morgan fingerprint density at radius 3 is 2.05 bits per heavy atom. The molecule has 0 heterocycles. The Balaban J connectivity index is 2.40. The average molecular weight is 289 g/mol. The van der Waals surface area contributed by atoms with Gasteiger partial charge in [0.25, 0.3) is 6.43 Å². The van der Waals surface area contributed by atoms with Gasteiger partial charge in [0.1, 0.15) is 5.54 Å². The average Bonchev–Trinajstić information content (AvgIpc) is 2.53. The van der Waals surface area contributed by atoms with Gasteiger partial charge in [-0.25, -0.2) is 8.78 Å². The van der Waals surface area contributed by atoms with Gasteiger partial charge < -0.3 is 5.32 Å². The molecular weight excluding hydrogens is 268 g/mol. The van der Waals surface area contributed by atoms with Gasteiger partial charge in [0.05, 0.1) is 0 Å². The molecule has 0 spiro atoms. The quantitative estimate of drug-likeness (QED) is 0.797.